The normalized spacial score (nSPS) is 22.1. The maximum atomic E-state index is 13.7. The highest BCUT2D eigenvalue weighted by atomic mass is 35.5. The maximum Gasteiger partial charge on any atom is 0.142 e. The van der Waals surface area contributed by atoms with Gasteiger partial charge in [-0.05, 0) is 41.7 Å². The number of rotatable bonds is 3. The summed E-state index contributed by atoms with van der Waals surface area (Å²) in [6.07, 6.45) is 0.785. The lowest BCUT2D eigenvalue weighted by Gasteiger charge is -2.34. The van der Waals surface area contributed by atoms with Crippen LogP contribution in [0, 0.1) is 5.82 Å². The fourth-order valence-corrected chi connectivity index (χ4v) is 3.44. The van der Waals surface area contributed by atoms with Crippen LogP contribution in [0.3, 0.4) is 0 Å². The van der Waals surface area contributed by atoms with Crippen molar-refractivity contribution >= 4 is 11.6 Å². The molecule has 0 aromatic heterocycles. The predicted octanol–water partition coefficient (Wildman–Crippen LogP) is 3.36. The van der Waals surface area contributed by atoms with Crippen molar-refractivity contribution in [2.75, 3.05) is 6.54 Å². The van der Waals surface area contributed by atoms with E-state index in [1.807, 2.05) is 18.2 Å². The summed E-state index contributed by atoms with van der Waals surface area (Å²) in [6, 6.07) is 12.4. The SMILES string of the molecule is NCC1(C(O)c2ccc(Cl)c(F)c2)CCc2ccccc21. The first-order valence-electron chi connectivity index (χ1n) is 7.00. The van der Waals surface area contributed by atoms with E-state index in [1.165, 1.54) is 17.7 Å². The van der Waals surface area contributed by atoms with E-state index < -0.39 is 17.3 Å². The maximum absolute atomic E-state index is 13.7. The van der Waals surface area contributed by atoms with Gasteiger partial charge in [0.25, 0.3) is 0 Å². The molecule has 0 saturated heterocycles. The van der Waals surface area contributed by atoms with Gasteiger partial charge in [-0.1, -0.05) is 41.9 Å². The summed E-state index contributed by atoms with van der Waals surface area (Å²) >= 11 is 5.71. The Bertz CT molecular complexity index is 676. The van der Waals surface area contributed by atoms with Crippen LogP contribution in [-0.2, 0) is 11.8 Å². The number of aryl methyl sites for hydroxylation is 1. The molecule has 0 heterocycles. The average molecular weight is 306 g/mol. The van der Waals surface area contributed by atoms with Gasteiger partial charge in [0.1, 0.15) is 5.82 Å². The highest BCUT2D eigenvalue weighted by molar-refractivity contribution is 6.30. The van der Waals surface area contributed by atoms with Gasteiger partial charge in [0.15, 0.2) is 0 Å². The Hall–Kier alpha value is -1.42. The highest BCUT2D eigenvalue weighted by Gasteiger charge is 2.44. The lowest BCUT2D eigenvalue weighted by molar-refractivity contribution is 0.0838. The van der Waals surface area contributed by atoms with Crippen LogP contribution in [-0.4, -0.2) is 11.7 Å². The van der Waals surface area contributed by atoms with Crippen LogP contribution in [0.15, 0.2) is 42.5 Å². The molecule has 0 amide bonds. The second-order valence-corrected chi connectivity index (χ2v) is 6.00. The highest BCUT2D eigenvalue weighted by Crippen LogP contribution is 2.46. The quantitative estimate of drug-likeness (QED) is 0.913. The zero-order valence-electron chi connectivity index (χ0n) is 11.5. The smallest absolute Gasteiger partial charge is 0.142 e. The third kappa shape index (κ3) is 2.26. The molecule has 3 rings (SSSR count). The summed E-state index contributed by atoms with van der Waals surface area (Å²) in [7, 11) is 0. The minimum absolute atomic E-state index is 0.0552. The molecule has 1 aliphatic rings. The van der Waals surface area contributed by atoms with Crippen molar-refractivity contribution in [3.8, 4) is 0 Å². The molecule has 2 unspecified atom stereocenters. The summed E-state index contributed by atoms with van der Waals surface area (Å²) in [6.45, 7) is 0.315. The van der Waals surface area contributed by atoms with E-state index in [0.717, 1.165) is 18.4 Å². The fraction of sp³-hybridized carbons (Fsp3) is 0.294. The Labute approximate surface area is 128 Å². The van der Waals surface area contributed by atoms with Gasteiger partial charge in [0.05, 0.1) is 11.1 Å². The third-order valence-corrected chi connectivity index (χ3v) is 4.85. The van der Waals surface area contributed by atoms with Crippen LogP contribution >= 0.6 is 11.6 Å². The van der Waals surface area contributed by atoms with Gasteiger partial charge >= 0.3 is 0 Å². The van der Waals surface area contributed by atoms with E-state index in [-0.39, 0.29) is 5.02 Å². The molecular formula is C17H17ClFNO. The molecule has 0 radical (unpaired) electrons. The number of fused-ring (bicyclic) bond motifs is 1. The Kier molecular flexibility index (Phi) is 3.74. The Morgan fingerprint density at radius 1 is 1.29 bits per heavy atom. The summed E-state index contributed by atoms with van der Waals surface area (Å²) < 4.78 is 13.7. The monoisotopic (exact) mass is 305 g/mol. The van der Waals surface area contributed by atoms with E-state index >= 15 is 0 Å². The summed E-state index contributed by atoms with van der Waals surface area (Å²) in [4.78, 5) is 0. The molecule has 0 fully saturated rings. The first-order chi connectivity index (χ1) is 10.1. The zero-order valence-corrected chi connectivity index (χ0v) is 12.3. The number of aliphatic hydroxyl groups excluding tert-OH is 1. The number of halogens is 2. The average Bonchev–Trinajstić information content (AvgIpc) is 2.89. The number of hydrogen-bond acceptors (Lipinski definition) is 2. The molecule has 0 bridgehead atoms. The van der Waals surface area contributed by atoms with Crippen molar-refractivity contribution in [2.45, 2.75) is 24.4 Å². The largest absolute Gasteiger partial charge is 0.387 e. The van der Waals surface area contributed by atoms with Crippen LogP contribution in [0.25, 0.3) is 0 Å². The number of benzene rings is 2. The van der Waals surface area contributed by atoms with Crippen molar-refractivity contribution in [3.05, 3.63) is 70.0 Å². The molecule has 2 aromatic rings. The summed E-state index contributed by atoms with van der Waals surface area (Å²) in [5.41, 5.74) is 8.23. The van der Waals surface area contributed by atoms with Gasteiger partial charge in [0, 0.05) is 12.0 Å². The van der Waals surface area contributed by atoms with Crippen molar-refractivity contribution in [2.24, 2.45) is 5.73 Å². The lowest BCUT2D eigenvalue weighted by atomic mass is 9.74. The van der Waals surface area contributed by atoms with Crippen LogP contribution in [0.1, 0.15) is 29.2 Å². The fourth-order valence-electron chi connectivity index (χ4n) is 3.33. The molecule has 2 nitrogen and oxygen atoms in total. The molecule has 0 saturated carbocycles. The molecular weight excluding hydrogens is 289 g/mol. The van der Waals surface area contributed by atoms with E-state index in [9.17, 15) is 9.50 Å². The van der Waals surface area contributed by atoms with Crippen LogP contribution in [0.5, 0.6) is 0 Å². The first-order valence-corrected chi connectivity index (χ1v) is 7.38. The van der Waals surface area contributed by atoms with E-state index in [2.05, 4.69) is 6.07 Å². The number of nitrogens with two attached hydrogens (primary N) is 1. The van der Waals surface area contributed by atoms with Gasteiger partial charge in [-0.2, -0.15) is 0 Å². The second-order valence-electron chi connectivity index (χ2n) is 5.59. The summed E-state index contributed by atoms with van der Waals surface area (Å²) in [5.74, 6) is -0.522. The Balaban J connectivity index is 2.06. The molecule has 2 atom stereocenters. The molecule has 4 heteroatoms. The second kappa shape index (κ2) is 5.41. The first kappa shape index (κ1) is 14.5. The van der Waals surface area contributed by atoms with Gasteiger partial charge in [-0.3, -0.25) is 0 Å². The molecule has 1 aliphatic carbocycles. The molecule has 0 spiro atoms. The standard InChI is InChI=1S/C17H17ClFNO/c18-14-6-5-12(9-15(14)19)16(21)17(10-20)8-7-11-3-1-2-4-13(11)17/h1-6,9,16,21H,7-8,10,20H2. The molecule has 3 N–H and O–H groups in total. The summed E-state index contributed by atoms with van der Waals surface area (Å²) in [5, 5.41) is 10.9. The lowest BCUT2D eigenvalue weighted by Crippen LogP contribution is -2.39. The minimum Gasteiger partial charge on any atom is -0.387 e. The minimum atomic E-state index is -0.849. The number of aliphatic hydroxyl groups is 1. The van der Waals surface area contributed by atoms with E-state index in [1.54, 1.807) is 6.07 Å². The molecule has 2 aromatic carbocycles. The van der Waals surface area contributed by atoms with E-state index in [0.29, 0.717) is 12.1 Å². The Morgan fingerprint density at radius 2 is 2.05 bits per heavy atom. The number of hydrogen-bond donors (Lipinski definition) is 2. The van der Waals surface area contributed by atoms with Gasteiger partial charge < -0.3 is 10.8 Å². The van der Waals surface area contributed by atoms with Crippen LogP contribution in [0.4, 0.5) is 4.39 Å². The van der Waals surface area contributed by atoms with Crippen molar-refractivity contribution in [3.63, 3.8) is 0 Å². The zero-order chi connectivity index (χ0) is 15.0. The predicted molar refractivity (Wildman–Crippen MR) is 81.9 cm³/mol. The molecule has 110 valence electrons. The molecule has 21 heavy (non-hydrogen) atoms. The van der Waals surface area contributed by atoms with Gasteiger partial charge in [-0.25, -0.2) is 4.39 Å². The van der Waals surface area contributed by atoms with Crippen LogP contribution < -0.4 is 5.73 Å². The Morgan fingerprint density at radius 3 is 2.76 bits per heavy atom. The van der Waals surface area contributed by atoms with Crippen molar-refractivity contribution in [1.29, 1.82) is 0 Å². The van der Waals surface area contributed by atoms with Gasteiger partial charge in [-0.15, -0.1) is 0 Å². The molecule has 0 aliphatic heterocycles. The third-order valence-electron chi connectivity index (χ3n) is 4.54. The van der Waals surface area contributed by atoms with E-state index in [4.69, 9.17) is 17.3 Å². The topological polar surface area (TPSA) is 46.2 Å². The van der Waals surface area contributed by atoms with Crippen molar-refractivity contribution < 1.29 is 9.50 Å². The van der Waals surface area contributed by atoms with Gasteiger partial charge in [0.2, 0.25) is 0 Å². The van der Waals surface area contributed by atoms with Crippen LogP contribution in [0.2, 0.25) is 5.02 Å². The van der Waals surface area contributed by atoms with Crippen molar-refractivity contribution in [1.82, 2.24) is 0 Å².